The van der Waals surface area contributed by atoms with E-state index >= 15 is 0 Å². The highest BCUT2D eigenvalue weighted by Gasteiger charge is 2.27. The molecule has 1 aromatic rings. The molecule has 0 aliphatic carbocycles. The van der Waals surface area contributed by atoms with Crippen LogP contribution in [-0.2, 0) is 16.4 Å². The standard InChI is InChI=1S/C10H15BrN2O2S/c1-2-13-9(11)7-12-10(13)8-3-5-16(14,15)6-4-8/h7-8H,2-6H2,1H3. The van der Waals surface area contributed by atoms with Crippen molar-refractivity contribution < 1.29 is 8.42 Å². The lowest BCUT2D eigenvalue weighted by Gasteiger charge is -2.22. The normalized spacial score (nSPS) is 21.1. The molecular weight excluding hydrogens is 292 g/mol. The Balaban J connectivity index is 2.20. The maximum absolute atomic E-state index is 11.4. The van der Waals surface area contributed by atoms with Crippen LogP contribution in [0.4, 0.5) is 0 Å². The summed E-state index contributed by atoms with van der Waals surface area (Å²) in [6, 6.07) is 0. The third kappa shape index (κ3) is 2.32. The Hall–Kier alpha value is -0.360. The number of sulfone groups is 1. The molecule has 2 rings (SSSR count). The van der Waals surface area contributed by atoms with Crippen molar-refractivity contribution in [3.63, 3.8) is 0 Å². The molecule has 1 aliphatic heterocycles. The molecule has 0 radical (unpaired) electrons. The van der Waals surface area contributed by atoms with Crippen LogP contribution in [-0.4, -0.2) is 29.5 Å². The van der Waals surface area contributed by atoms with E-state index in [4.69, 9.17) is 0 Å². The fourth-order valence-corrected chi connectivity index (χ4v) is 4.18. The minimum Gasteiger partial charge on any atom is -0.323 e. The van der Waals surface area contributed by atoms with Crippen LogP contribution in [0.1, 0.15) is 31.5 Å². The van der Waals surface area contributed by atoms with Gasteiger partial charge in [-0.15, -0.1) is 0 Å². The average molecular weight is 307 g/mol. The summed E-state index contributed by atoms with van der Waals surface area (Å²) in [5.74, 6) is 1.90. The summed E-state index contributed by atoms with van der Waals surface area (Å²) < 4.78 is 25.8. The van der Waals surface area contributed by atoms with E-state index in [0.29, 0.717) is 24.3 Å². The molecule has 0 N–H and O–H groups in total. The second-order valence-electron chi connectivity index (χ2n) is 4.11. The molecule has 0 atom stereocenters. The molecule has 1 fully saturated rings. The van der Waals surface area contributed by atoms with Gasteiger partial charge in [-0.3, -0.25) is 0 Å². The van der Waals surface area contributed by atoms with Crippen molar-refractivity contribution in [2.24, 2.45) is 0 Å². The summed E-state index contributed by atoms with van der Waals surface area (Å²) in [5.41, 5.74) is 0. The van der Waals surface area contributed by atoms with Crippen LogP contribution in [0.3, 0.4) is 0 Å². The molecule has 1 aromatic heterocycles. The highest BCUT2D eigenvalue weighted by atomic mass is 79.9. The largest absolute Gasteiger partial charge is 0.323 e. The lowest BCUT2D eigenvalue weighted by molar-refractivity contribution is 0.517. The second kappa shape index (κ2) is 4.49. The second-order valence-corrected chi connectivity index (χ2v) is 7.23. The summed E-state index contributed by atoms with van der Waals surface area (Å²) in [4.78, 5) is 4.38. The first-order valence-electron chi connectivity index (χ1n) is 5.45. The average Bonchev–Trinajstić information content (AvgIpc) is 2.59. The van der Waals surface area contributed by atoms with Gasteiger partial charge in [0.25, 0.3) is 0 Å². The van der Waals surface area contributed by atoms with Gasteiger partial charge in [-0.1, -0.05) is 0 Å². The van der Waals surface area contributed by atoms with Crippen molar-refractivity contribution in [1.29, 1.82) is 0 Å². The molecule has 4 nitrogen and oxygen atoms in total. The van der Waals surface area contributed by atoms with Gasteiger partial charge in [0.2, 0.25) is 0 Å². The van der Waals surface area contributed by atoms with Crippen molar-refractivity contribution in [3.05, 3.63) is 16.6 Å². The van der Waals surface area contributed by atoms with Crippen molar-refractivity contribution in [2.75, 3.05) is 11.5 Å². The van der Waals surface area contributed by atoms with Crippen molar-refractivity contribution in [1.82, 2.24) is 9.55 Å². The lowest BCUT2D eigenvalue weighted by Crippen LogP contribution is -2.24. The molecule has 0 spiro atoms. The van der Waals surface area contributed by atoms with E-state index in [9.17, 15) is 8.42 Å². The molecule has 0 saturated carbocycles. The van der Waals surface area contributed by atoms with E-state index in [-0.39, 0.29) is 5.92 Å². The maximum Gasteiger partial charge on any atom is 0.150 e. The van der Waals surface area contributed by atoms with E-state index in [1.165, 1.54) is 0 Å². The van der Waals surface area contributed by atoms with E-state index < -0.39 is 9.84 Å². The zero-order valence-corrected chi connectivity index (χ0v) is 11.6. The van der Waals surface area contributed by atoms with E-state index in [1.54, 1.807) is 6.20 Å². The smallest absolute Gasteiger partial charge is 0.150 e. The third-order valence-electron chi connectivity index (χ3n) is 3.07. The topological polar surface area (TPSA) is 52.0 Å². The van der Waals surface area contributed by atoms with Crippen LogP contribution in [0.15, 0.2) is 10.8 Å². The minimum absolute atomic E-state index is 0.287. The number of halogens is 1. The number of aromatic nitrogens is 2. The number of imidazole rings is 1. The van der Waals surface area contributed by atoms with Gasteiger partial charge in [0.1, 0.15) is 20.3 Å². The van der Waals surface area contributed by atoms with Crippen LogP contribution in [0.5, 0.6) is 0 Å². The summed E-state index contributed by atoms with van der Waals surface area (Å²) in [7, 11) is -2.79. The Morgan fingerprint density at radius 1 is 1.50 bits per heavy atom. The molecular formula is C10H15BrN2O2S. The maximum atomic E-state index is 11.4. The summed E-state index contributed by atoms with van der Waals surface area (Å²) in [6.45, 7) is 2.93. The van der Waals surface area contributed by atoms with Gasteiger partial charge in [-0.05, 0) is 35.7 Å². The molecule has 1 aliphatic rings. The fraction of sp³-hybridized carbons (Fsp3) is 0.700. The molecule has 16 heavy (non-hydrogen) atoms. The van der Waals surface area contributed by atoms with Crippen LogP contribution < -0.4 is 0 Å². The van der Waals surface area contributed by atoms with Gasteiger partial charge < -0.3 is 4.57 Å². The van der Waals surface area contributed by atoms with Gasteiger partial charge in [0.15, 0.2) is 0 Å². The summed E-state index contributed by atoms with van der Waals surface area (Å²) in [6.07, 6.45) is 3.19. The van der Waals surface area contributed by atoms with E-state index in [2.05, 4.69) is 32.4 Å². The molecule has 1 saturated heterocycles. The highest BCUT2D eigenvalue weighted by molar-refractivity contribution is 9.10. The predicted molar refractivity (Wildman–Crippen MR) is 66.2 cm³/mol. The molecule has 2 heterocycles. The van der Waals surface area contributed by atoms with Crippen LogP contribution in [0.2, 0.25) is 0 Å². The van der Waals surface area contributed by atoms with Gasteiger partial charge in [-0.25, -0.2) is 13.4 Å². The molecule has 6 heteroatoms. The van der Waals surface area contributed by atoms with Gasteiger partial charge in [-0.2, -0.15) is 0 Å². The van der Waals surface area contributed by atoms with Crippen LogP contribution in [0.25, 0.3) is 0 Å². The van der Waals surface area contributed by atoms with E-state index in [0.717, 1.165) is 17.0 Å². The Morgan fingerprint density at radius 3 is 2.69 bits per heavy atom. The van der Waals surface area contributed by atoms with Crippen molar-refractivity contribution in [2.45, 2.75) is 32.2 Å². The van der Waals surface area contributed by atoms with Crippen molar-refractivity contribution in [3.8, 4) is 0 Å². The lowest BCUT2D eigenvalue weighted by atomic mass is 10.0. The Kier molecular flexibility index (Phi) is 3.39. The van der Waals surface area contributed by atoms with Crippen LogP contribution in [0, 0.1) is 0 Å². The zero-order chi connectivity index (χ0) is 11.8. The highest BCUT2D eigenvalue weighted by Crippen LogP contribution is 2.29. The van der Waals surface area contributed by atoms with Gasteiger partial charge in [0.05, 0.1) is 17.7 Å². The number of hydrogen-bond donors (Lipinski definition) is 0. The Morgan fingerprint density at radius 2 is 2.12 bits per heavy atom. The number of nitrogens with zero attached hydrogens (tertiary/aromatic N) is 2. The monoisotopic (exact) mass is 306 g/mol. The summed E-state index contributed by atoms with van der Waals surface area (Å²) >= 11 is 3.45. The molecule has 0 bridgehead atoms. The molecule has 0 aromatic carbocycles. The molecule has 0 amide bonds. The zero-order valence-electron chi connectivity index (χ0n) is 9.19. The van der Waals surface area contributed by atoms with Crippen LogP contribution >= 0.6 is 15.9 Å². The summed E-state index contributed by atoms with van der Waals surface area (Å²) in [5, 5.41) is 0. The third-order valence-corrected chi connectivity index (χ3v) is 5.42. The fourth-order valence-electron chi connectivity index (χ4n) is 2.16. The van der Waals surface area contributed by atoms with E-state index in [1.807, 2.05) is 0 Å². The van der Waals surface area contributed by atoms with Gasteiger partial charge >= 0.3 is 0 Å². The molecule has 0 unspecified atom stereocenters. The van der Waals surface area contributed by atoms with Gasteiger partial charge in [0, 0.05) is 12.5 Å². The Labute approximate surface area is 104 Å². The first kappa shape index (κ1) is 12.1. The minimum atomic E-state index is -2.79. The van der Waals surface area contributed by atoms with Crippen molar-refractivity contribution >= 4 is 25.8 Å². The first-order valence-corrected chi connectivity index (χ1v) is 8.06. The number of rotatable bonds is 2. The number of hydrogen-bond acceptors (Lipinski definition) is 3. The Bertz CT molecular complexity index is 467. The predicted octanol–water partition coefficient (Wildman–Crippen LogP) is 1.96. The first-order chi connectivity index (χ1) is 7.53. The molecule has 90 valence electrons. The SMILES string of the molecule is CCn1c(Br)cnc1C1CCS(=O)(=O)CC1. The quantitative estimate of drug-likeness (QED) is 0.839.